The third-order valence-electron chi connectivity index (χ3n) is 4.85. The molecule has 0 aromatic rings. The number of alkyl halides is 2. The second-order valence-electron chi connectivity index (χ2n) is 8.66. The summed E-state index contributed by atoms with van der Waals surface area (Å²) in [5, 5.41) is -5.03. The van der Waals surface area contributed by atoms with Gasteiger partial charge < -0.3 is 14.2 Å². The molecule has 2 bridgehead atoms. The van der Waals surface area contributed by atoms with Crippen LogP contribution >= 0.6 is 0 Å². The highest BCUT2D eigenvalue weighted by Crippen LogP contribution is 2.48. The molecular formula is C18H26F2O8S. The van der Waals surface area contributed by atoms with E-state index >= 15 is 0 Å². The number of fused-ring (bicyclic) bond motifs is 2. The summed E-state index contributed by atoms with van der Waals surface area (Å²) in [6.45, 7) is 4.73. The molecule has 0 aliphatic heterocycles. The van der Waals surface area contributed by atoms with Crippen LogP contribution in [0.2, 0.25) is 0 Å². The van der Waals surface area contributed by atoms with Gasteiger partial charge in [-0.25, -0.2) is 9.59 Å². The lowest BCUT2D eigenvalue weighted by molar-refractivity contribution is -0.162. The first kappa shape index (κ1) is 23.5. The zero-order chi connectivity index (χ0) is 22.1. The molecule has 29 heavy (non-hydrogen) atoms. The summed E-state index contributed by atoms with van der Waals surface area (Å²) in [5.41, 5.74) is -0.0894. The van der Waals surface area contributed by atoms with Gasteiger partial charge in [0, 0.05) is 11.3 Å². The Hall–Kier alpha value is -1.75. The van der Waals surface area contributed by atoms with Crippen LogP contribution in [0.25, 0.3) is 0 Å². The maximum atomic E-state index is 13.3. The van der Waals surface area contributed by atoms with Gasteiger partial charge in [-0.15, -0.1) is 0 Å². The number of carbonyl (C=O) groups excluding carboxylic acids is 2. The van der Waals surface area contributed by atoms with Gasteiger partial charge in [-0.2, -0.15) is 17.2 Å². The fourth-order valence-electron chi connectivity index (χ4n) is 3.77. The van der Waals surface area contributed by atoms with Crippen molar-refractivity contribution < 1.29 is 45.6 Å². The quantitative estimate of drug-likeness (QED) is 0.379. The molecule has 0 spiro atoms. The molecule has 2 aliphatic rings. The molecular weight excluding hydrogens is 414 g/mol. The largest absolute Gasteiger partial charge is 0.508 e. The smallest absolute Gasteiger partial charge is 0.460 e. The molecule has 0 saturated heterocycles. The van der Waals surface area contributed by atoms with Crippen LogP contribution in [0, 0.1) is 11.3 Å². The lowest BCUT2D eigenvalue weighted by Crippen LogP contribution is -2.41. The SMILES string of the molecule is CC(C)(C)OC(=O)OCC12CCCC(=CC(COC(=O)C(F)(F)S(=O)(=O)O)C1)C2. The van der Waals surface area contributed by atoms with Crippen LogP contribution in [-0.4, -0.2) is 49.2 Å². The van der Waals surface area contributed by atoms with E-state index < -0.39 is 51.0 Å². The number of rotatable bonds is 6. The predicted octanol–water partition coefficient (Wildman–Crippen LogP) is 3.47. The van der Waals surface area contributed by atoms with Crippen LogP contribution in [0.3, 0.4) is 0 Å². The number of allylic oxidation sites excluding steroid dienone is 1. The number of halogens is 2. The van der Waals surface area contributed by atoms with E-state index in [1.165, 1.54) is 0 Å². The van der Waals surface area contributed by atoms with E-state index in [9.17, 15) is 26.8 Å². The third kappa shape index (κ3) is 6.11. The van der Waals surface area contributed by atoms with Crippen molar-refractivity contribution in [2.45, 2.75) is 63.7 Å². The molecule has 2 aliphatic carbocycles. The van der Waals surface area contributed by atoms with Crippen molar-refractivity contribution in [3.8, 4) is 0 Å². The van der Waals surface area contributed by atoms with Gasteiger partial charge in [0.15, 0.2) is 0 Å². The molecule has 1 fully saturated rings. The predicted molar refractivity (Wildman–Crippen MR) is 96.7 cm³/mol. The van der Waals surface area contributed by atoms with Gasteiger partial charge >= 0.3 is 27.5 Å². The van der Waals surface area contributed by atoms with E-state index in [0.29, 0.717) is 12.8 Å². The molecule has 2 unspecified atom stereocenters. The first-order chi connectivity index (χ1) is 13.1. The molecule has 0 amide bonds. The van der Waals surface area contributed by atoms with Gasteiger partial charge in [-0.05, 0) is 52.9 Å². The minimum Gasteiger partial charge on any atom is -0.460 e. The molecule has 0 aromatic carbocycles. The van der Waals surface area contributed by atoms with Crippen molar-refractivity contribution in [2.24, 2.45) is 11.3 Å². The van der Waals surface area contributed by atoms with Gasteiger partial charge in [0.05, 0.1) is 6.61 Å². The summed E-state index contributed by atoms with van der Waals surface area (Å²) in [4.78, 5) is 23.3. The fraction of sp³-hybridized carbons (Fsp3) is 0.778. The molecule has 11 heteroatoms. The highest BCUT2D eigenvalue weighted by Gasteiger charge is 2.54. The molecule has 0 radical (unpaired) electrons. The minimum atomic E-state index is -5.91. The van der Waals surface area contributed by atoms with Gasteiger partial charge in [-0.1, -0.05) is 11.6 Å². The van der Waals surface area contributed by atoms with Gasteiger partial charge in [0.25, 0.3) is 0 Å². The van der Waals surface area contributed by atoms with Crippen molar-refractivity contribution in [3.63, 3.8) is 0 Å². The first-order valence-corrected chi connectivity index (χ1v) is 10.6. The Kier molecular flexibility index (Phi) is 6.63. The minimum absolute atomic E-state index is 0.0743. The van der Waals surface area contributed by atoms with Crippen molar-refractivity contribution in [1.82, 2.24) is 0 Å². The molecule has 2 atom stereocenters. The average Bonchev–Trinajstić information content (AvgIpc) is 2.55. The van der Waals surface area contributed by atoms with Crippen molar-refractivity contribution in [2.75, 3.05) is 13.2 Å². The Labute approximate surface area is 168 Å². The van der Waals surface area contributed by atoms with Gasteiger partial charge in [0.1, 0.15) is 12.2 Å². The van der Waals surface area contributed by atoms with E-state index in [2.05, 4.69) is 4.74 Å². The van der Waals surface area contributed by atoms with Crippen molar-refractivity contribution in [3.05, 3.63) is 11.6 Å². The molecule has 0 aromatic heterocycles. The van der Waals surface area contributed by atoms with Crippen LogP contribution in [0.1, 0.15) is 52.9 Å². The maximum Gasteiger partial charge on any atom is 0.508 e. The maximum absolute atomic E-state index is 13.3. The fourth-order valence-corrected chi connectivity index (χ4v) is 4.04. The van der Waals surface area contributed by atoms with Crippen molar-refractivity contribution in [1.29, 1.82) is 0 Å². The number of esters is 1. The van der Waals surface area contributed by atoms with E-state index in [1.807, 2.05) is 6.08 Å². The standard InChI is InChI=1S/C18H26F2O8S/c1-16(2,3)28-15(22)27-11-17-6-4-5-12(8-17)7-13(9-17)10-26-14(21)18(19,20)29(23,24)25/h7,13H,4-6,8-11H2,1-3H3,(H,23,24,25). The second-order valence-corrected chi connectivity index (χ2v) is 10.1. The Morgan fingerprint density at radius 3 is 2.52 bits per heavy atom. The summed E-state index contributed by atoms with van der Waals surface area (Å²) in [6.07, 6.45) is 4.49. The summed E-state index contributed by atoms with van der Waals surface area (Å²) < 4.78 is 71.3. The number of ether oxygens (including phenoxy) is 3. The summed E-state index contributed by atoms with van der Waals surface area (Å²) in [6, 6.07) is 0. The Balaban J connectivity index is 2.00. The Morgan fingerprint density at radius 1 is 1.28 bits per heavy atom. The van der Waals surface area contributed by atoms with E-state index in [1.54, 1.807) is 20.8 Å². The zero-order valence-corrected chi connectivity index (χ0v) is 17.4. The Morgan fingerprint density at radius 2 is 1.93 bits per heavy atom. The number of carbonyl (C=O) groups is 2. The summed E-state index contributed by atoms with van der Waals surface area (Å²) in [7, 11) is -5.91. The number of hydrogen-bond acceptors (Lipinski definition) is 7. The lowest BCUT2D eigenvalue weighted by atomic mass is 9.64. The van der Waals surface area contributed by atoms with Crippen LogP contribution < -0.4 is 0 Å². The van der Waals surface area contributed by atoms with Crippen LogP contribution in [0.5, 0.6) is 0 Å². The molecule has 8 nitrogen and oxygen atoms in total. The molecule has 166 valence electrons. The van der Waals surface area contributed by atoms with Gasteiger partial charge in [-0.3, -0.25) is 4.55 Å². The highest BCUT2D eigenvalue weighted by atomic mass is 32.2. The molecule has 0 heterocycles. The van der Waals surface area contributed by atoms with Crippen LogP contribution in [0.4, 0.5) is 13.6 Å². The second kappa shape index (κ2) is 8.17. The summed E-state index contributed by atoms with van der Waals surface area (Å²) in [5.74, 6) is -2.77. The topological polar surface area (TPSA) is 116 Å². The molecule has 1 N–H and O–H groups in total. The van der Waals surface area contributed by atoms with Crippen molar-refractivity contribution >= 4 is 22.2 Å². The molecule has 2 rings (SSSR count). The monoisotopic (exact) mass is 440 g/mol. The zero-order valence-electron chi connectivity index (χ0n) is 16.6. The van der Waals surface area contributed by atoms with E-state index in [0.717, 1.165) is 24.8 Å². The average molecular weight is 440 g/mol. The third-order valence-corrected chi connectivity index (χ3v) is 5.66. The highest BCUT2D eigenvalue weighted by molar-refractivity contribution is 7.87. The van der Waals surface area contributed by atoms with Crippen LogP contribution in [0.15, 0.2) is 11.6 Å². The Bertz CT molecular complexity index is 784. The number of hydrogen-bond donors (Lipinski definition) is 1. The van der Waals surface area contributed by atoms with E-state index in [-0.39, 0.29) is 6.61 Å². The van der Waals surface area contributed by atoms with Gasteiger partial charge in [0.2, 0.25) is 0 Å². The summed E-state index contributed by atoms with van der Waals surface area (Å²) >= 11 is 0. The first-order valence-electron chi connectivity index (χ1n) is 9.21. The van der Waals surface area contributed by atoms with E-state index in [4.69, 9.17) is 14.0 Å². The molecule has 1 saturated carbocycles. The lowest BCUT2D eigenvalue weighted by Gasteiger charge is -2.43. The van der Waals surface area contributed by atoms with Crippen LogP contribution in [-0.2, 0) is 29.1 Å². The normalized spacial score (nSPS) is 25.0.